The summed E-state index contributed by atoms with van der Waals surface area (Å²) in [4.78, 5) is 0. The molecule has 0 N–H and O–H groups in total. The van der Waals surface area contributed by atoms with Gasteiger partial charge in [-0.15, -0.1) is 0 Å². The van der Waals surface area contributed by atoms with Crippen molar-refractivity contribution in [3.8, 4) is 0 Å². The van der Waals surface area contributed by atoms with Crippen molar-refractivity contribution >= 4 is 0 Å². The highest BCUT2D eigenvalue weighted by Crippen LogP contribution is 2.36. The first-order chi connectivity index (χ1) is 4.83. The first-order valence-electron chi connectivity index (χ1n) is 4.20. The Morgan fingerprint density at radius 3 is 2.40 bits per heavy atom. The van der Waals surface area contributed by atoms with Crippen molar-refractivity contribution in [2.45, 2.75) is 32.6 Å². The third kappa shape index (κ3) is 1.51. The lowest BCUT2D eigenvalue weighted by Gasteiger charge is -2.41. The Kier molecular flexibility index (Phi) is 2.72. The lowest BCUT2D eigenvalue weighted by atomic mass is 9.78. The minimum absolute atomic E-state index is 0.538. The van der Waals surface area contributed by atoms with Crippen LogP contribution in [0.2, 0.25) is 0 Å². The summed E-state index contributed by atoms with van der Waals surface area (Å²) in [7, 11) is 0. The third-order valence-electron chi connectivity index (χ3n) is 2.30. The van der Waals surface area contributed by atoms with Gasteiger partial charge in [-0.05, 0) is 12.8 Å². The highest BCUT2D eigenvalue weighted by molar-refractivity contribution is 4.85. The second-order valence-electron chi connectivity index (χ2n) is 3.35. The zero-order valence-electron chi connectivity index (χ0n) is 6.86. The fourth-order valence-corrected chi connectivity index (χ4v) is 1.71. The summed E-state index contributed by atoms with van der Waals surface area (Å²) in [6.45, 7) is 8.08. The standard InChI is InChI=1S/C9H17O/c1-3-5-9(6-4-2)7-10-8-9/h1,3-8H2,2H3. The van der Waals surface area contributed by atoms with Crippen LogP contribution >= 0.6 is 0 Å². The van der Waals surface area contributed by atoms with Crippen LogP contribution in [0, 0.1) is 12.3 Å². The summed E-state index contributed by atoms with van der Waals surface area (Å²) in [5.41, 5.74) is 0.538. The molecule has 1 aliphatic heterocycles. The lowest BCUT2D eigenvalue weighted by Crippen LogP contribution is -2.42. The van der Waals surface area contributed by atoms with Gasteiger partial charge in [0.15, 0.2) is 0 Å². The van der Waals surface area contributed by atoms with Crippen LogP contribution in [0.4, 0.5) is 0 Å². The van der Waals surface area contributed by atoms with Crippen molar-refractivity contribution in [3.05, 3.63) is 6.92 Å². The molecule has 0 amide bonds. The highest BCUT2D eigenvalue weighted by atomic mass is 16.5. The van der Waals surface area contributed by atoms with Gasteiger partial charge in [-0.3, -0.25) is 0 Å². The first kappa shape index (κ1) is 8.06. The third-order valence-corrected chi connectivity index (χ3v) is 2.30. The Morgan fingerprint density at radius 1 is 1.40 bits per heavy atom. The number of rotatable bonds is 4. The molecule has 0 aliphatic carbocycles. The van der Waals surface area contributed by atoms with E-state index in [2.05, 4.69) is 13.8 Å². The second-order valence-corrected chi connectivity index (χ2v) is 3.35. The van der Waals surface area contributed by atoms with Crippen molar-refractivity contribution < 1.29 is 4.74 Å². The quantitative estimate of drug-likeness (QED) is 0.584. The van der Waals surface area contributed by atoms with E-state index in [1.165, 1.54) is 19.3 Å². The molecule has 0 spiro atoms. The molecule has 0 aromatic heterocycles. The minimum atomic E-state index is 0.538. The average Bonchev–Trinajstić information content (AvgIpc) is 1.84. The summed E-state index contributed by atoms with van der Waals surface area (Å²) in [5.74, 6) is 0. The molecule has 59 valence electrons. The topological polar surface area (TPSA) is 9.23 Å². The molecule has 1 rings (SSSR count). The van der Waals surface area contributed by atoms with Crippen LogP contribution in [-0.4, -0.2) is 13.2 Å². The normalized spacial score (nSPS) is 22.2. The minimum Gasteiger partial charge on any atom is -0.380 e. The van der Waals surface area contributed by atoms with E-state index >= 15 is 0 Å². The van der Waals surface area contributed by atoms with E-state index in [4.69, 9.17) is 4.74 Å². The molecule has 1 fully saturated rings. The van der Waals surface area contributed by atoms with Crippen molar-refractivity contribution in [2.24, 2.45) is 5.41 Å². The molecule has 1 radical (unpaired) electrons. The molecular weight excluding hydrogens is 124 g/mol. The second kappa shape index (κ2) is 3.38. The molecule has 0 unspecified atom stereocenters. The zero-order chi connectivity index (χ0) is 7.45. The van der Waals surface area contributed by atoms with Crippen LogP contribution in [0.3, 0.4) is 0 Å². The van der Waals surface area contributed by atoms with Crippen molar-refractivity contribution in [2.75, 3.05) is 13.2 Å². The predicted molar refractivity (Wildman–Crippen MR) is 42.8 cm³/mol. The van der Waals surface area contributed by atoms with Crippen LogP contribution in [0.25, 0.3) is 0 Å². The molecule has 10 heavy (non-hydrogen) atoms. The van der Waals surface area contributed by atoms with E-state index in [1.54, 1.807) is 0 Å². The Balaban J connectivity index is 2.27. The van der Waals surface area contributed by atoms with Crippen LogP contribution < -0.4 is 0 Å². The first-order valence-corrected chi connectivity index (χ1v) is 4.20. The predicted octanol–water partition coefficient (Wildman–Crippen LogP) is 2.42. The summed E-state index contributed by atoms with van der Waals surface area (Å²) < 4.78 is 5.22. The Morgan fingerprint density at radius 2 is 2.10 bits per heavy atom. The van der Waals surface area contributed by atoms with Gasteiger partial charge in [-0.25, -0.2) is 0 Å². The van der Waals surface area contributed by atoms with Crippen LogP contribution in [-0.2, 0) is 4.74 Å². The lowest BCUT2D eigenvalue weighted by molar-refractivity contribution is -0.121. The number of hydrogen-bond donors (Lipinski definition) is 0. The molecule has 1 saturated heterocycles. The number of ether oxygens (including phenoxy) is 1. The van der Waals surface area contributed by atoms with E-state index in [-0.39, 0.29) is 0 Å². The van der Waals surface area contributed by atoms with Gasteiger partial charge in [0.25, 0.3) is 0 Å². The van der Waals surface area contributed by atoms with Gasteiger partial charge in [0, 0.05) is 5.41 Å². The van der Waals surface area contributed by atoms with Crippen LogP contribution in [0.15, 0.2) is 0 Å². The van der Waals surface area contributed by atoms with Gasteiger partial charge in [-0.1, -0.05) is 26.7 Å². The molecule has 0 atom stereocenters. The van der Waals surface area contributed by atoms with Crippen LogP contribution in [0.1, 0.15) is 32.6 Å². The van der Waals surface area contributed by atoms with Crippen molar-refractivity contribution in [3.63, 3.8) is 0 Å². The largest absolute Gasteiger partial charge is 0.380 e. The average molecular weight is 141 g/mol. The van der Waals surface area contributed by atoms with Gasteiger partial charge < -0.3 is 4.74 Å². The van der Waals surface area contributed by atoms with E-state index in [0.29, 0.717) is 5.41 Å². The summed E-state index contributed by atoms with van der Waals surface area (Å²) in [5, 5.41) is 0. The maximum atomic E-state index is 5.22. The van der Waals surface area contributed by atoms with Gasteiger partial charge in [0.05, 0.1) is 13.2 Å². The Hall–Kier alpha value is -0.0400. The van der Waals surface area contributed by atoms with Crippen LogP contribution in [0.5, 0.6) is 0 Å². The summed E-state index contributed by atoms with van der Waals surface area (Å²) in [6, 6.07) is 0. The SMILES string of the molecule is [CH2]CCC1(CCC)COC1. The van der Waals surface area contributed by atoms with E-state index in [9.17, 15) is 0 Å². The number of hydrogen-bond acceptors (Lipinski definition) is 1. The fraction of sp³-hybridized carbons (Fsp3) is 0.889. The molecular formula is C9H17O. The monoisotopic (exact) mass is 141 g/mol. The molecule has 0 saturated carbocycles. The Bertz CT molecular complexity index is 86.9. The van der Waals surface area contributed by atoms with Gasteiger partial charge >= 0.3 is 0 Å². The Labute approximate surface area is 63.8 Å². The van der Waals surface area contributed by atoms with Crippen molar-refractivity contribution in [1.29, 1.82) is 0 Å². The molecule has 1 aliphatic rings. The van der Waals surface area contributed by atoms with E-state index in [1.807, 2.05) is 0 Å². The van der Waals surface area contributed by atoms with E-state index < -0.39 is 0 Å². The maximum Gasteiger partial charge on any atom is 0.0544 e. The highest BCUT2D eigenvalue weighted by Gasteiger charge is 2.36. The molecule has 0 aromatic rings. The van der Waals surface area contributed by atoms with Gasteiger partial charge in [-0.2, -0.15) is 0 Å². The molecule has 1 heteroatoms. The smallest absolute Gasteiger partial charge is 0.0544 e. The summed E-state index contributed by atoms with van der Waals surface area (Å²) >= 11 is 0. The fourth-order valence-electron chi connectivity index (χ4n) is 1.71. The summed E-state index contributed by atoms with van der Waals surface area (Å²) in [6.07, 6.45) is 4.91. The molecule has 1 heterocycles. The maximum absolute atomic E-state index is 5.22. The van der Waals surface area contributed by atoms with Gasteiger partial charge in [0.2, 0.25) is 0 Å². The molecule has 1 nitrogen and oxygen atoms in total. The van der Waals surface area contributed by atoms with E-state index in [0.717, 1.165) is 19.6 Å². The molecule has 0 aromatic carbocycles. The zero-order valence-corrected chi connectivity index (χ0v) is 6.86. The molecule has 0 bridgehead atoms. The van der Waals surface area contributed by atoms with Gasteiger partial charge in [0.1, 0.15) is 0 Å². The van der Waals surface area contributed by atoms with Crippen molar-refractivity contribution in [1.82, 2.24) is 0 Å².